The van der Waals surface area contributed by atoms with Gasteiger partial charge in [-0.1, -0.05) is 18.2 Å². The number of esters is 1. The van der Waals surface area contributed by atoms with Crippen molar-refractivity contribution in [3.63, 3.8) is 0 Å². The molecule has 1 aliphatic rings. The highest BCUT2D eigenvalue weighted by Gasteiger charge is 2.24. The first-order valence-electron chi connectivity index (χ1n) is 11.9. The highest BCUT2D eigenvalue weighted by atomic mass is 16.5. The number of aromatic nitrogens is 1. The Kier molecular flexibility index (Phi) is 6.14. The largest absolute Gasteiger partial charge is 0.490 e. The highest BCUT2D eigenvalue weighted by Crippen LogP contribution is 2.33. The van der Waals surface area contributed by atoms with Gasteiger partial charge in [0.1, 0.15) is 30.0 Å². The fourth-order valence-electron chi connectivity index (χ4n) is 4.70. The second kappa shape index (κ2) is 9.41. The number of rotatable bonds is 5. The number of anilines is 1. The average Bonchev–Trinajstić information content (AvgIpc) is 3.19. The molecule has 2 heterocycles. The number of likely N-dealkylation sites (N-methyl/N-ethyl adjacent to an activating group) is 1. The van der Waals surface area contributed by atoms with Gasteiger partial charge in [0.25, 0.3) is 5.91 Å². The molecule has 4 aromatic rings. The summed E-state index contributed by atoms with van der Waals surface area (Å²) in [5.74, 6) is 1.41. The van der Waals surface area contributed by atoms with Crippen LogP contribution in [0.2, 0.25) is 0 Å². The van der Waals surface area contributed by atoms with Gasteiger partial charge in [-0.3, -0.25) is 14.2 Å². The molecule has 0 bridgehead atoms. The number of aryl methyl sites for hydroxylation is 2. The minimum Gasteiger partial charge on any atom is -0.490 e. The number of para-hydroxylation sites is 2. The molecule has 0 spiro atoms. The fraction of sp³-hybridized carbons (Fsp3) is 0.241. The molecule has 0 amide bonds. The normalized spacial score (nSPS) is 14.8. The van der Waals surface area contributed by atoms with Crippen LogP contribution < -0.4 is 19.1 Å². The molecule has 0 saturated carbocycles. The molecule has 1 atom stereocenters. The maximum absolute atomic E-state index is 13.6. The Morgan fingerprint density at radius 3 is 2.61 bits per heavy atom. The number of hydrogen-bond donors (Lipinski definition) is 0. The monoisotopic (exact) mass is 484 g/mol. The number of benzene rings is 3. The maximum atomic E-state index is 13.6. The average molecular weight is 485 g/mol. The van der Waals surface area contributed by atoms with Crippen molar-refractivity contribution in [1.29, 1.82) is 0 Å². The molecule has 184 valence electrons. The van der Waals surface area contributed by atoms with Crippen LogP contribution in [-0.4, -0.2) is 42.7 Å². The Balaban J connectivity index is 1.34. The van der Waals surface area contributed by atoms with Crippen LogP contribution in [0.4, 0.5) is 5.69 Å². The minimum absolute atomic E-state index is 0.105. The summed E-state index contributed by atoms with van der Waals surface area (Å²) in [6.45, 7) is 6.24. The van der Waals surface area contributed by atoms with Crippen LogP contribution in [0, 0.1) is 13.8 Å². The Morgan fingerprint density at radius 1 is 1.03 bits per heavy atom. The van der Waals surface area contributed by atoms with Gasteiger partial charge in [-0.15, -0.1) is 0 Å². The van der Waals surface area contributed by atoms with Crippen molar-refractivity contribution in [3.8, 4) is 17.2 Å². The van der Waals surface area contributed by atoms with Crippen LogP contribution in [0.25, 0.3) is 10.9 Å². The Hall–Kier alpha value is -4.26. The predicted molar refractivity (Wildman–Crippen MR) is 139 cm³/mol. The summed E-state index contributed by atoms with van der Waals surface area (Å²) in [5, 5.41) is 0.718. The van der Waals surface area contributed by atoms with E-state index in [1.807, 2.05) is 69.4 Å². The van der Waals surface area contributed by atoms with Crippen LogP contribution in [-0.2, 0) is 4.79 Å². The Morgan fingerprint density at radius 2 is 1.83 bits per heavy atom. The van der Waals surface area contributed by atoms with E-state index in [2.05, 4.69) is 4.90 Å². The van der Waals surface area contributed by atoms with Crippen LogP contribution in [0.3, 0.4) is 0 Å². The molecule has 0 fully saturated rings. The molecule has 0 saturated heterocycles. The van der Waals surface area contributed by atoms with Gasteiger partial charge in [0.05, 0.1) is 17.7 Å². The van der Waals surface area contributed by atoms with Gasteiger partial charge < -0.3 is 19.1 Å². The van der Waals surface area contributed by atoms with Crippen molar-refractivity contribution in [2.24, 2.45) is 0 Å². The topological polar surface area (TPSA) is 70.0 Å². The van der Waals surface area contributed by atoms with Crippen LogP contribution in [0.5, 0.6) is 17.2 Å². The number of fused-ring (bicyclic) bond motifs is 2. The van der Waals surface area contributed by atoms with Crippen LogP contribution in [0.15, 0.2) is 66.7 Å². The molecule has 7 heteroatoms. The van der Waals surface area contributed by atoms with E-state index in [0.29, 0.717) is 29.2 Å². The third-order valence-electron chi connectivity index (χ3n) is 6.36. The van der Waals surface area contributed by atoms with Gasteiger partial charge in [0.15, 0.2) is 0 Å². The van der Waals surface area contributed by atoms with Gasteiger partial charge in [-0.2, -0.15) is 0 Å². The lowest BCUT2D eigenvalue weighted by atomic mass is 10.1. The van der Waals surface area contributed by atoms with E-state index < -0.39 is 5.97 Å². The maximum Gasteiger partial charge on any atom is 0.308 e. The summed E-state index contributed by atoms with van der Waals surface area (Å²) in [6.07, 6.45) is -0.105. The predicted octanol–water partition coefficient (Wildman–Crippen LogP) is 5.15. The third-order valence-corrected chi connectivity index (χ3v) is 6.36. The smallest absolute Gasteiger partial charge is 0.308 e. The molecule has 1 aliphatic heterocycles. The van der Waals surface area contributed by atoms with Crippen LogP contribution in [0.1, 0.15) is 28.5 Å². The molecule has 3 aromatic carbocycles. The summed E-state index contributed by atoms with van der Waals surface area (Å²) < 4.78 is 19.1. The number of carbonyl (C=O) groups is 2. The number of ether oxygens (including phenoxy) is 3. The second-order valence-corrected chi connectivity index (χ2v) is 9.08. The Labute approximate surface area is 209 Å². The molecule has 0 N–H and O–H groups in total. The summed E-state index contributed by atoms with van der Waals surface area (Å²) in [5.41, 5.74) is 3.90. The molecular formula is C29H28N2O5. The summed E-state index contributed by atoms with van der Waals surface area (Å²) in [7, 11) is 2.04. The van der Waals surface area contributed by atoms with Crippen molar-refractivity contribution < 1.29 is 23.8 Å². The highest BCUT2D eigenvalue weighted by molar-refractivity contribution is 6.05. The molecule has 0 aliphatic carbocycles. The molecule has 5 rings (SSSR count). The molecule has 7 nitrogen and oxygen atoms in total. The zero-order valence-corrected chi connectivity index (χ0v) is 20.8. The van der Waals surface area contributed by atoms with Crippen molar-refractivity contribution in [2.75, 3.05) is 25.1 Å². The summed E-state index contributed by atoms with van der Waals surface area (Å²) in [6, 6.07) is 20.6. The first kappa shape index (κ1) is 23.5. The lowest BCUT2D eigenvalue weighted by Crippen LogP contribution is -2.41. The number of hydrogen-bond acceptors (Lipinski definition) is 6. The van der Waals surface area contributed by atoms with E-state index in [1.165, 1.54) is 6.92 Å². The van der Waals surface area contributed by atoms with Crippen molar-refractivity contribution >= 4 is 28.5 Å². The van der Waals surface area contributed by atoms with Gasteiger partial charge in [-0.05, 0) is 67.9 Å². The molecule has 0 unspecified atom stereocenters. The fourth-order valence-corrected chi connectivity index (χ4v) is 4.70. The van der Waals surface area contributed by atoms with Gasteiger partial charge in [-0.25, -0.2) is 0 Å². The van der Waals surface area contributed by atoms with E-state index in [1.54, 1.807) is 22.8 Å². The second-order valence-electron chi connectivity index (χ2n) is 9.08. The number of carbonyl (C=O) groups excluding carboxylic acids is 2. The quantitative estimate of drug-likeness (QED) is 0.288. The third kappa shape index (κ3) is 4.40. The van der Waals surface area contributed by atoms with Crippen molar-refractivity contribution in [1.82, 2.24) is 4.57 Å². The lowest BCUT2D eigenvalue weighted by Gasteiger charge is -2.33. The SMILES string of the molecule is CC(=O)Oc1cccc2c1cc(C)n2C(=O)c1ccc(OC[C@@H]2CN(C)c3ccccc3O2)cc1C. The van der Waals surface area contributed by atoms with E-state index in [9.17, 15) is 9.59 Å². The van der Waals surface area contributed by atoms with Crippen LogP contribution >= 0.6 is 0 Å². The van der Waals surface area contributed by atoms with Crippen molar-refractivity contribution in [3.05, 3.63) is 83.6 Å². The van der Waals surface area contributed by atoms with E-state index >= 15 is 0 Å². The zero-order valence-electron chi connectivity index (χ0n) is 20.8. The first-order chi connectivity index (χ1) is 17.3. The van der Waals surface area contributed by atoms with E-state index in [4.69, 9.17) is 14.2 Å². The molecule has 36 heavy (non-hydrogen) atoms. The van der Waals surface area contributed by atoms with Gasteiger partial charge >= 0.3 is 5.97 Å². The minimum atomic E-state index is -0.403. The number of nitrogens with zero attached hydrogens (tertiary/aromatic N) is 2. The van der Waals surface area contributed by atoms with Gasteiger partial charge in [0, 0.05) is 30.6 Å². The van der Waals surface area contributed by atoms with Crippen molar-refractivity contribution in [2.45, 2.75) is 26.9 Å². The summed E-state index contributed by atoms with van der Waals surface area (Å²) >= 11 is 0. The molecule has 1 aromatic heterocycles. The van der Waals surface area contributed by atoms with E-state index in [0.717, 1.165) is 34.6 Å². The van der Waals surface area contributed by atoms with E-state index in [-0.39, 0.29) is 12.0 Å². The Bertz CT molecular complexity index is 1470. The van der Waals surface area contributed by atoms with Gasteiger partial charge in [0.2, 0.25) is 0 Å². The molecule has 0 radical (unpaired) electrons. The molecular weight excluding hydrogens is 456 g/mol. The lowest BCUT2D eigenvalue weighted by molar-refractivity contribution is -0.131. The zero-order chi connectivity index (χ0) is 25.4. The first-order valence-corrected chi connectivity index (χ1v) is 11.9. The standard InChI is InChI=1S/C29H28N2O5/c1-18-14-21(34-17-22-16-30(4)26-8-5-6-10-28(26)36-22)12-13-23(18)29(33)31-19(2)15-24-25(31)9-7-11-27(24)35-20(3)32/h5-15,22H,16-17H2,1-4H3/t22-/m0/s1. The summed E-state index contributed by atoms with van der Waals surface area (Å²) in [4.78, 5) is 27.2.